The summed E-state index contributed by atoms with van der Waals surface area (Å²) in [6, 6.07) is 12.7. The van der Waals surface area contributed by atoms with E-state index in [1.54, 1.807) is 29.2 Å². The molecular formula is C19H26Cl2N4O2. The van der Waals surface area contributed by atoms with Crippen LogP contribution in [0.25, 0.3) is 0 Å². The molecule has 8 heteroatoms. The highest BCUT2D eigenvalue weighted by Gasteiger charge is 2.12. The molecule has 2 aromatic rings. The van der Waals surface area contributed by atoms with E-state index >= 15 is 0 Å². The Morgan fingerprint density at radius 2 is 1.70 bits per heavy atom. The number of hydrogen-bond acceptors (Lipinski definition) is 4. The van der Waals surface area contributed by atoms with Gasteiger partial charge in [0, 0.05) is 12.1 Å². The number of halogens is 2. The minimum absolute atomic E-state index is 0. The van der Waals surface area contributed by atoms with Crippen LogP contribution in [-0.2, 0) is 11.3 Å². The van der Waals surface area contributed by atoms with Crippen molar-refractivity contribution in [3.05, 3.63) is 59.2 Å². The molecule has 2 rings (SSSR count). The van der Waals surface area contributed by atoms with Gasteiger partial charge in [-0.25, -0.2) is 0 Å². The average molecular weight is 413 g/mol. The largest absolute Gasteiger partial charge is 0.326 e. The molecule has 0 aromatic heterocycles. The third kappa shape index (κ3) is 7.56. The summed E-state index contributed by atoms with van der Waals surface area (Å²) >= 11 is 0. The molecule has 0 aliphatic rings. The number of aryl methyl sites for hydroxylation is 1. The average Bonchev–Trinajstić information content (AvgIpc) is 2.56. The van der Waals surface area contributed by atoms with E-state index in [2.05, 4.69) is 10.6 Å². The highest BCUT2D eigenvalue weighted by molar-refractivity contribution is 6.07. The number of nitrogens with two attached hydrogens (primary N) is 1. The highest BCUT2D eigenvalue weighted by atomic mass is 35.5. The van der Waals surface area contributed by atoms with Gasteiger partial charge in [-0.15, -0.1) is 24.8 Å². The van der Waals surface area contributed by atoms with Gasteiger partial charge in [0.05, 0.1) is 17.9 Å². The molecule has 0 aliphatic carbocycles. The Morgan fingerprint density at radius 3 is 2.33 bits per heavy atom. The summed E-state index contributed by atoms with van der Waals surface area (Å²) < 4.78 is 0. The van der Waals surface area contributed by atoms with Gasteiger partial charge in [-0.3, -0.25) is 9.59 Å². The fourth-order valence-electron chi connectivity index (χ4n) is 2.38. The summed E-state index contributed by atoms with van der Waals surface area (Å²) in [6.07, 6.45) is 0. The summed E-state index contributed by atoms with van der Waals surface area (Å²) in [5.74, 6) is -0.390. The minimum Gasteiger partial charge on any atom is -0.326 e. The number of nitrogens with zero attached hydrogens (tertiary/aromatic N) is 1. The molecule has 0 unspecified atom stereocenters. The fraction of sp³-hybridized carbons (Fsp3) is 0.263. The standard InChI is InChI=1S/C19H24N4O2.2ClH/c1-13-7-8-16(21-18(24)12-23(2)3)17(9-13)22-19(25)15-6-4-5-14(10-15)11-20;;/h4-10H,11-12,20H2,1-3H3,(H,21,24)(H,22,25);2*1H. The Labute approximate surface area is 172 Å². The number of amides is 2. The van der Waals surface area contributed by atoms with E-state index < -0.39 is 0 Å². The first kappa shape index (κ1) is 24.9. The van der Waals surface area contributed by atoms with E-state index in [4.69, 9.17) is 5.73 Å². The second-order valence-corrected chi connectivity index (χ2v) is 6.19. The zero-order chi connectivity index (χ0) is 18.4. The van der Waals surface area contributed by atoms with Gasteiger partial charge in [-0.2, -0.15) is 0 Å². The monoisotopic (exact) mass is 412 g/mol. The first-order valence-corrected chi connectivity index (χ1v) is 8.04. The van der Waals surface area contributed by atoms with Crippen LogP contribution in [0, 0.1) is 6.92 Å². The van der Waals surface area contributed by atoms with Crippen molar-refractivity contribution in [2.75, 3.05) is 31.3 Å². The van der Waals surface area contributed by atoms with Crippen LogP contribution in [0.2, 0.25) is 0 Å². The number of carbonyl (C=O) groups excluding carboxylic acids is 2. The molecule has 0 aliphatic heterocycles. The van der Waals surface area contributed by atoms with Crippen LogP contribution >= 0.6 is 24.8 Å². The predicted molar refractivity (Wildman–Crippen MR) is 115 cm³/mol. The summed E-state index contributed by atoms with van der Waals surface area (Å²) in [4.78, 5) is 26.3. The molecule has 0 radical (unpaired) electrons. The van der Waals surface area contributed by atoms with Crippen molar-refractivity contribution < 1.29 is 9.59 Å². The van der Waals surface area contributed by atoms with Crippen molar-refractivity contribution in [3.8, 4) is 0 Å². The molecule has 0 bridgehead atoms. The van der Waals surface area contributed by atoms with Gasteiger partial charge < -0.3 is 21.3 Å². The van der Waals surface area contributed by atoms with Gasteiger partial charge in [-0.1, -0.05) is 18.2 Å². The molecule has 0 spiro atoms. The van der Waals surface area contributed by atoms with Gasteiger partial charge in [0.25, 0.3) is 5.91 Å². The summed E-state index contributed by atoms with van der Waals surface area (Å²) in [7, 11) is 3.64. The molecule has 27 heavy (non-hydrogen) atoms. The first-order chi connectivity index (χ1) is 11.9. The fourth-order valence-corrected chi connectivity index (χ4v) is 2.38. The Balaban J connectivity index is 0.00000338. The van der Waals surface area contributed by atoms with Crippen LogP contribution in [0.1, 0.15) is 21.5 Å². The maximum Gasteiger partial charge on any atom is 0.255 e. The van der Waals surface area contributed by atoms with Gasteiger partial charge in [-0.05, 0) is 56.4 Å². The van der Waals surface area contributed by atoms with E-state index in [1.807, 2.05) is 39.2 Å². The molecule has 2 aromatic carbocycles. The van der Waals surface area contributed by atoms with Crippen molar-refractivity contribution in [2.24, 2.45) is 5.73 Å². The zero-order valence-corrected chi connectivity index (χ0v) is 17.2. The molecule has 0 saturated heterocycles. The smallest absolute Gasteiger partial charge is 0.255 e. The lowest BCUT2D eigenvalue weighted by molar-refractivity contribution is -0.116. The molecule has 2 amide bonds. The van der Waals surface area contributed by atoms with Gasteiger partial charge in [0.1, 0.15) is 0 Å². The second-order valence-electron chi connectivity index (χ2n) is 6.19. The van der Waals surface area contributed by atoms with Crippen LogP contribution < -0.4 is 16.4 Å². The topological polar surface area (TPSA) is 87.5 Å². The lowest BCUT2D eigenvalue weighted by atomic mass is 10.1. The zero-order valence-electron chi connectivity index (χ0n) is 15.6. The van der Waals surface area contributed by atoms with Crippen molar-refractivity contribution in [3.63, 3.8) is 0 Å². The third-order valence-electron chi connectivity index (χ3n) is 3.58. The van der Waals surface area contributed by atoms with Crippen LogP contribution in [-0.4, -0.2) is 37.4 Å². The lowest BCUT2D eigenvalue weighted by Crippen LogP contribution is -2.27. The number of anilines is 2. The van der Waals surface area contributed by atoms with Crippen LogP contribution in [0.4, 0.5) is 11.4 Å². The molecule has 148 valence electrons. The summed E-state index contributed by atoms with van der Waals surface area (Å²) in [5, 5.41) is 5.70. The van der Waals surface area contributed by atoms with E-state index in [0.29, 0.717) is 23.5 Å². The van der Waals surface area contributed by atoms with Crippen molar-refractivity contribution in [2.45, 2.75) is 13.5 Å². The molecule has 0 saturated carbocycles. The number of carbonyl (C=O) groups is 2. The number of benzene rings is 2. The predicted octanol–water partition coefficient (Wildman–Crippen LogP) is 3.05. The van der Waals surface area contributed by atoms with Crippen LogP contribution in [0.15, 0.2) is 42.5 Å². The minimum atomic E-state index is -0.246. The SMILES string of the molecule is Cc1ccc(NC(=O)CN(C)C)c(NC(=O)c2cccc(CN)c2)c1.Cl.Cl. The molecule has 0 heterocycles. The van der Waals surface area contributed by atoms with E-state index in [-0.39, 0.29) is 43.2 Å². The van der Waals surface area contributed by atoms with E-state index in [9.17, 15) is 9.59 Å². The highest BCUT2D eigenvalue weighted by Crippen LogP contribution is 2.24. The Morgan fingerprint density at radius 1 is 1.00 bits per heavy atom. The number of nitrogens with one attached hydrogen (secondary N) is 2. The molecule has 4 N–H and O–H groups in total. The summed E-state index contributed by atoms with van der Waals surface area (Å²) in [6.45, 7) is 2.56. The van der Waals surface area contributed by atoms with Crippen LogP contribution in [0.3, 0.4) is 0 Å². The molecule has 0 fully saturated rings. The van der Waals surface area contributed by atoms with Gasteiger partial charge >= 0.3 is 0 Å². The van der Waals surface area contributed by atoms with Crippen molar-refractivity contribution >= 4 is 48.0 Å². The maximum absolute atomic E-state index is 12.5. The number of hydrogen-bond donors (Lipinski definition) is 3. The molecular weight excluding hydrogens is 387 g/mol. The molecule has 0 atom stereocenters. The second kappa shape index (κ2) is 11.6. The van der Waals surface area contributed by atoms with Crippen LogP contribution in [0.5, 0.6) is 0 Å². The normalized spacial score (nSPS) is 9.81. The van der Waals surface area contributed by atoms with Gasteiger partial charge in [0.15, 0.2) is 0 Å². The quantitative estimate of drug-likeness (QED) is 0.680. The molecule has 6 nitrogen and oxygen atoms in total. The van der Waals surface area contributed by atoms with Gasteiger partial charge in [0.2, 0.25) is 5.91 Å². The first-order valence-electron chi connectivity index (χ1n) is 8.04. The Kier molecular flexibility index (Phi) is 10.7. The van der Waals surface area contributed by atoms with E-state index in [0.717, 1.165) is 11.1 Å². The number of likely N-dealkylation sites (N-methyl/N-ethyl adjacent to an activating group) is 1. The summed E-state index contributed by atoms with van der Waals surface area (Å²) in [5.41, 5.74) is 9.15. The van der Waals surface area contributed by atoms with Crippen molar-refractivity contribution in [1.82, 2.24) is 4.90 Å². The third-order valence-corrected chi connectivity index (χ3v) is 3.58. The van der Waals surface area contributed by atoms with Crippen molar-refractivity contribution in [1.29, 1.82) is 0 Å². The Hall–Kier alpha value is -2.12. The number of rotatable bonds is 6. The van der Waals surface area contributed by atoms with E-state index in [1.165, 1.54) is 0 Å². The lowest BCUT2D eigenvalue weighted by Gasteiger charge is -2.15. The Bertz CT molecular complexity index is 782. The maximum atomic E-state index is 12.5.